The summed E-state index contributed by atoms with van der Waals surface area (Å²) in [4.78, 5) is 17.1. The Hall–Kier alpha value is -0.870. The van der Waals surface area contributed by atoms with E-state index in [0.29, 0.717) is 12.1 Å². The number of nitrogens with zero attached hydrogens (tertiary/aromatic N) is 1. The van der Waals surface area contributed by atoms with Gasteiger partial charge in [-0.15, -0.1) is 11.3 Å². The lowest BCUT2D eigenvalue weighted by Gasteiger charge is -2.30. The fourth-order valence-electron chi connectivity index (χ4n) is 2.92. The maximum Gasteiger partial charge on any atom is 0.264 e. The molecule has 1 atom stereocenters. The molecule has 1 N–H and O–H groups in total. The third kappa shape index (κ3) is 3.07. The zero-order valence-electron chi connectivity index (χ0n) is 12.4. The zero-order valence-corrected chi connectivity index (χ0v) is 13.3. The molecule has 4 heteroatoms. The van der Waals surface area contributed by atoms with Crippen molar-refractivity contribution in [1.29, 1.82) is 0 Å². The Balaban J connectivity index is 1.71. The molecule has 0 aromatic carbocycles. The van der Waals surface area contributed by atoms with Gasteiger partial charge in [0.25, 0.3) is 5.91 Å². The van der Waals surface area contributed by atoms with Gasteiger partial charge < -0.3 is 10.2 Å². The summed E-state index contributed by atoms with van der Waals surface area (Å²) in [6.45, 7) is 6.18. The van der Waals surface area contributed by atoms with Crippen LogP contribution in [-0.2, 0) is 0 Å². The third-order valence-electron chi connectivity index (χ3n) is 4.45. The van der Waals surface area contributed by atoms with Crippen molar-refractivity contribution >= 4 is 17.2 Å². The third-order valence-corrected chi connectivity index (χ3v) is 5.60. The highest BCUT2D eigenvalue weighted by Gasteiger charge is 2.35. The molecule has 0 spiro atoms. The largest absolute Gasteiger partial charge is 0.333 e. The second-order valence-corrected chi connectivity index (χ2v) is 7.44. The van der Waals surface area contributed by atoms with Gasteiger partial charge >= 0.3 is 0 Å². The number of carbonyl (C=O) groups is 1. The van der Waals surface area contributed by atoms with Gasteiger partial charge in [0.05, 0.1) is 4.88 Å². The quantitative estimate of drug-likeness (QED) is 0.925. The van der Waals surface area contributed by atoms with Crippen molar-refractivity contribution in [1.82, 2.24) is 10.2 Å². The van der Waals surface area contributed by atoms with Gasteiger partial charge in [-0.2, -0.15) is 0 Å². The van der Waals surface area contributed by atoms with Gasteiger partial charge in [0, 0.05) is 23.5 Å². The predicted molar refractivity (Wildman–Crippen MR) is 83.5 cm³/mol. The molecule has 3 nitrogen and oxygen atoms in total. The summed E-state index contributed by atoms with van der Waals surface area (Å²) in [5.41, 5.74) is 1.24. The van der Waals surface area contributed by atoms with E-state index in [-0.39, 0.29) is 5.91 Å². The van der Waals surface area contributed by atoms with E-state index in [2.05, 4.69) is 30.1 Å². The summed E-state index contributed by atoms with van der Waals surface area (Å²) < 4.78 is 0. The number of aryl methyl sites for hydroxylation is 2. The van der Waals surface area contributed by atoms with Crippen LogP contribution in [0.3, 0.4) is 0 Å². The van der Waals surface area contributed by atoms with Crippen molar-refractivity contribution < 1.29 is 4.79 Å². The van der Waals surface area contributed by atoms with Gasteiger partial charge in [-0.25, -0.2) is 0 Å². The maximum atomic E-state index is 12.8. The lowest BCUT2D eigenvalue weighted by molar-refractivity contribution is 0.0723. The summed E-state index contributed by atoms with van der Waals surface area (Å²) in [5.74, 6) is 0.251. The first-order valence-corrected chi connectivity index (χ1v) is 8.58. The van der Waals surface area contributed by atoms with Crippen LogP contribution in [-0.4, -0.2) is 36.0 Å². The van der Waals surface area contributed by atoms with Crippen molar-refractivity contribution in [2.45, 2.75) is 58.0 Å². The molecule has 0 radical (unpaired) electrons. The van der Waals surface area contributed by atoms with E-state index in [1.165, 1.54) is 42.5 Å². The number of rotatable bonds is 4. The van der Waals surface area contributed by atoms with Gasteiger partial charge in [-0.1, -0.05) is 6.42 Å². The van der Waals surface area contributed by atoms with Gasteiger partial charge in [-0.05, 0) is 57.7 Å². The van der Waals surface area contributed by atoms with Crippen LogP contribution < -0.4 is 5.32 Å². The van der Waals surface area contributed by atoms with Crippen molar-refractivity contribution in [3.05, 3.63) is 21.4 Å². The van der Waals surface area contributed by atoms with Crippen molar-refractivity contribution in [2.75, 3.05) is 13.1 Å². The van der Waals surface area contributed by atoms with Crippen LogP contribution in [0, 0.1) is 13.8 Å². The molecule has 1 aromatic heterocycles. The summed E-state index contributed by atoms with van der Waals surface area (Å²) >= 11 is 1.65. The average molecular weight is 292 g/mol. The summed E-state index contributed by atoms with van der Waals surface area (Å²) in [6, 6.07) is 3.05. The summed E-state index contributed by atoms with van der Waals surface area (Å²) in [5, 5.41) is 3.56. The Morgan fingerprint density at radius 2 is 2.15 bits per heavy atom. The second-order valence-electron chi connectivity index (χ2n) is 6.19. The van der Waals surface area contributed by atoms with Gasteiger partial charge in [0.2, 0.25) is 0 Å². The summed E-state index contributed by atoms with van der Waals surface area (Å²) in [7, 11) is 0. The summed E-state index contributed by atoms with van der Waals surface area (Å²) in [6.07, 6.45) is 6.14. The van der Waals surface area contributed by atoms with E-state index in [0.717, 1.165) is 18.0 Å². The van der Waals surface area contributed by atoms with Crippen LogP contribution in [0.2, 0.25) is 0 Å². The highest BCUT2D eigenvalue weighted by atomic mass is 32.1. The zero-order chi connectivity index (χ0) is 14.1. The lowest BCUT2D eigenvalue weighted by atomic mass is 10.0. The molecule has 2 fully saturated rings. The van der Waals surface area contributed by atoms with Gasteiger partial charge in [-0.3, -0.25) is 4.79 Å². The smallest absolute Gasteiger partial charge is 0.264 e. The van der Waals surface area contributed by atoms with Crippen LogP contribution in [0.1, 0.15) is 52.2 Å². The Morgan fingerprint density at radius 1 is 1.35 bits per heavy atom. The molecule has 1 aliphatic carbocycles. The highest BCUT2D eigenvalue weighted by Crippen LogP contribution is 2.31. The number of thiophene rings is 1. The number of piperidine rings is 1. The Bertz CT molecular complexity index is 467. The normalized spacial score (nSPS) is 22.8. The number of hydrogen-bond acceptors (Lipinski definition) is 3. The predicted octanol–water partition coefficient (Wildman–Crippen LogP) is 3.11. The molecule has 0 bridgehead atoms. The molecular weight excluding hydrogens is 268 g/mol. The minimum atomic E-state index is 0.251. The van der Waals surface area contributed by atoms with E-state index in [4.69, 9.17) is 0 Å². The molecule has 1 saturated carbocycles. The monoisotopic (exact) mass is 292 g/mol. The fraction of sp³-hybridized carbons (Fsp3) is 0.688. The van der Waals surface area contributed by atoms with Crippen LogP contribution in [0.5, 0.6) is 0 Å². The molecule has 110 valence electrons. The van der Waals surface area contributed by atoms with Crippen LogP contribution in [0.4, 0.5) is 0 Å². The number of carbonyl (C=O) groups excluding carboxylic acids is 1. The van der Waals surface area contributed by atoms with E-state index < -0.39 is 0 Å². The molecule has 1 unspecified atom stereocenters. The lowest BCUT2D eigenvalue weighted by Crippen LogP contribution is -2.46. The Labute approximate surface area is 125 Å². The number of amides is 1. The van der Waals surface area contributed by atoms with Crippen LogP contribution >= 0.6 is 11.3 Å². The minimum Gasteiger partial charge on any atom is -0.333 e. The molecule has 3 rings (SSSR count). The van der Waals surface area contributed by atoms with E-state index >= 15 is 0 Å². The molecule has 1 saturated heterocycles. The second kappa shape index (κ2) is 5.86. The maximum absolute atomic E-state index is 12.8. The molecule has 1 amide bonds. The standard InChI is InChI=1S/C16H24N2OS/c1-11-9-15(20-12(11)2)16(19)18(14-6-7-14)10-13-5-3-4-8-17-13/h9,13-14,17H,3-8,10H2,1-2H3. The Morgan fingerprint density at radius 3 is 2.70 bits per heavy atom. The average Bonchev–Trinajstić information content (AvgIpc) is 3.23. The van der Waals surface area contributed by atoms with Crippen molar-refractivity contribution in [3.63, 3.8) is 0 Å². The molecule has 2 aliphatic rings. The molecule has 1 aliphatic heterocycles. The number of hydrogen-bond donors (Lipinski definition) is 1. The highest BCUT2D eigenvalue weighted by molar-refractivity contribution is 7.14. The first-order chi connectivity index (χ1) is 9.65. The van der Waals surface area contributed by atoms with E-state index in [1.807, 2.05) is 0 Å². The van der Waals surface area contributed by atoms with Crippen LogP contribution in [0.25, 0.3) is 0 Å². The first-order valence-electron chi connectivity index (χ1n) is 7.76. The van der Waals surface area contributed by atoms with Crippen LogP contribution in [0.15, 0.2) is 6.07 Å². The minimum absolute atomic E-state index is 0.251. The molecular formula is C16H24N2OS. The van der Waals surface area contributed by atoms with Crippen molar-refractivity contribution in [2.24, 2.45) is 0 Å². The van der Waals surface area contributed by atoms with Crippen molar-refractivity contribution in [3.8, 4) is 0 Å². The molecule has 20 heavy (non-hydrogen) atoms. The first kappa shape index (κ1) is 14.1. The molecule has 2 heterocycles. The fourth-order valence-corrected chi connectivity index (χ4v) is 3.91. The van der Waals surface area contributed by atoms with E-state index in [1.54, 1.807) is 11.3 Å². The molecule has 1 aromatic rings. The number of nitrogens with one attached hydrogen (secondary N) is 1. The van der Waals surface area contributed by atoms with Gasteiger partial charge in [0.15, 0.2) is 0 Å². The SMILES string of the molecule is Cc1cc(C(=O)N(CC2CCCCN2)C2CC2)sc1C. The van der Waals surface area contributed by atoms with Gasteiger partial charge in [0.1, 0.15) is 0 Å². The Kier molecular flexibility index (Phi) is 4.13. The van der Waals surface area contributed by atoms with E-state index in [9.17, 15) is 4.79 Å². The topological polar surface area (TPSA) is 32.3 Å².